The first kappa shape index (κ1) is 17.9. The third kappa shape index (κ3) is 4.09. The van der Waals surface area contributed by atoms with Gasteiger partial charge < -0.3 is 20.1 Å². The maximum absolute atomic E-state index is 12.7. The number of ether oxygens (including phenoxy) is 2. The van der Waals surface area contributed by atoms with E-state index in [0.29, 0.717) is 19.0 Å². The van der Waals surface area contributed by atoms with Crippen molar-refractivity contribution in [2.75, 3.05) is 23.8 Å². The van der Waals surface area contributed by atoms with Gasteiger partial charge in [0, 0.05) is 17.1 Å². The van der Waals surface area contributed by atoms with E-state index in [2.05, 4.69) is 10.6 Å². The van der Waals surface area contributed by atoms with E-state index >= 15 is 0 Å². The molecule has 0 radical (unpaired) electrons. The first-order valence-electron chi connectivity index (χ1n) is 9.31. The standard InChI is InChI=1S/C23H22N2O3/c1-16(17-10-11-21-22(14-17)28-13-12-27-21)23(26)25-20-9-5-8-19(15-20)24-18-6-3-2-4-7-18/h2-11,14-16,24H,12-13H2,1H3,(H,25,26). The third-order valence-electron chi connectivity index (χ3n) is 4.65. The second-order valence-corrected chi connectivity index (χ2v) is 6.69. The first-order chi connectivity index (χ1) is 13.7. The van der Waals surface area contributed by atoms with Crippen molar-refractivity contribution in [2.24, 2.45) is 0 Å². The fraction of sp³-hybridized carbons (Fsp3) is 0.174. The molecule has 0 saturated carbocycles. The van der Waals surface area contributed by atoms with E-state index in [1.165, 1.54) is 0 Å². The molecule has 3 aromatic carbocycles. The maximum Gasteiger partial charge on any atom is 0.231 e. The number of rotatable bonds is 5. The van der Waals surface area contributed by atoms with Gasteiger partial charge in [-0.1, -0.05) is 30.3 Å². The van der Waals surface area contributed by atoms with Gasteiger partial charge in [0.1, 0.15) is 13.2 Å². The molecule has 5 heteroatoms. The molecule has 4 rings (SSSR count). The van der Waals surface area contributed by atoms with Crippen molar-refractivity contribution in [2.45, 2.75) is 12.8 Å². The van der Waals surface area contributed by atoms with Gasteiger partial charge in [0.25, 0.3) is 0 Å². The van der Waals surface area contributed by atoms with Crippen LogP contribution in [0.5, 0.6) is 11.5 Å². The lowest BCUT2D eigenvalue weighted by atomic mass is 9.99. The Morgan fingerprint density at radius 1 is 0.821 bits per heavy atom. The molecular formula is C23H22N2O3. The number of hydrogen-bond donors (Lipinski definition) is 2. The summed E-state index contributed by atoms with van der Waals surface area (Å²) in [7, 11) is 0. The Bertz CT molecular complexity index is 973. The minimum atomic E-state index is -0.318. The number of fused-ring (bicyclic) bond motifs is 1. The molecule has 1 aliphatic rings. The van der Waals surface area contributed by atoms with Crippen LogP contribution in [-0.4, -0.2) is 19.1 Å². The molecule has 1 amide bonds. The Morgan fingerprint density at radius 3 is 2.36 bits per heavy atom. The molecule has 1 aliphatic heterocycles. The van der Waals surface area contributed by atoms with Crippen LogP contribution in [0.1, 0.15) is 18.4 Å². The zero-order valence-electron chi connectivity index (χ0n) is 15.6. The van der Waals surface area contributed by atoms with Gasteiger partial charge in [-0.15, -0.1) is 0 Å². The number of carbonyl (C=O) groups excluding carboxylic acids is 1. The van der Waals surface area contributed by atoms with Gasteiger partial charge in [-0.2, -0.15) is 0 Å². The summed E-state index contributed by atoms with van der Waals surface area (Å²) in [6.07, 6.45) is 0. The van der Waals surface area contributed by atoms with Crippen LogP contribution in [0.2, 0.25) is 0 Å². The van der Waals surface area contributed by atoms with Crippen molar-refractivity contribution in [1.29, 1.82) is 0 Å². The lowest BCUT2D eigenvalue weighted by Gasteiger charge is -2.20. The molecule has 1 unspecified atom stereocenters. The molecule has 5 nitrogen and oxygen atoms in total. The fourth-order valence-electron chi connectivity index (χ4n) is 3.09. The van der Waals surface area contributed by atoms with Gasteiger partial charge in [0.2, 0.25) is 5.91 Å². The van der Waals surface area contributed by atoms with Crippen molar-refractivity contribution < 1.29 is 14.3 Å². The van der Waals surface area contributed by atoms with E-state index in [1.54, 1.807) is 0 Å². The summed E-state index contributed by atoms with van der Waals surface area (Å²) >= 11 is 0. The quantitative estimate of drug-likeness (QED) is 0.664. The molecule has 0 bridgehead atoms. The Balaban J connectivity index is 1.45. The molecule has 1 heterocycles. The van der Waals surface area contributed by atoms with E-state index in [9.17, 15) is 4.79 Å². The summed E-state index contributed by atoms with van der Waals surface area (Å²) in [6.45, 7) is 2.96. The van der Waals surface area contributed by atoms with E-state index in [4.69, 9.17) is 9.47 Å². The molecule has 1 atom stereocenters. The smallest absolute Gasteiger partial charge is 0.231 e. The van der Waals surface area contributed by atoms with Crippen LogP contribution in [-0.2, 0) is 4.79 Å². The highest BCUT2D eigenvalue weighted by Crippen LogP contribution is 2.33. The zero-order chi connectivity index (χ0) is 19.3. The summed E-state index contributed by atoms with van der Waals surface area (Å²) in [5.74, 6) is 1.02. The topological polar surface area (TPSA) is 59.6 Å². The van der Waals surface area contributed by atoms with Gasteiger partial charge in [-0.25, -0.2) is 0 Å². The van der Waals surface area contributed by atoms with Gasteiger partial charge in [-0.3, -0.25) is 4.79 Å². The average molecular weight is 374 g/mol. The van der Waals surface area contributed by atoms with Gasteiger partial charge >= 0.3 is 0 Å². The summed E-state index contributed by atoms with van der Waals surface area (Å²) in [5.41, 5.74) is 3.54. The van der Waals surface area contributed by atoms with Crippen LogP contribution in [0, 0.1) is 0 Å². The number of para-hydroxylation sites is 1. The molecule has 0 spiro atoms. The van der Waals surface area contributed by atoms with Crippen molar-refractivity contribution in [3.8, 4) is 11.5 Å². The van der Waals surface area contributed by atoms with Crippen molar-refractivity contribution in [3.63, 3.8) is 0 Å². The minimum absolute atomic E-state index is 0.0754. The Kier molecular flexibility index (Phi) is 5.15. The predicted octanol–water partition coefficient (Wildman–Crippen LogP) is 4.94. The van der Waals surface area contributed by atoms with Gasteiger partial charge in [-0.05, 0) is 55.0 Å². The summed E-state index contributed by atoms with van der Waals surface area (Å²) in [5, 5.41) is 6.33. The van der Waals surface area contributed by atoms with Crippen LogP contribution in [0.4, 0.5) is 17.1 Å². The lowest BCUT2D eigenvalue weighted by Crippen LogP contribution is -2.20. The molecule has 0 aromatic heterocycles. The normalized spacial score (nSPS) is 13.5. The number of benzene rings is 3. The summed E-state index contributed by atoms with van der Waals surface area (Å²) in [4.78, 5) is 12.7. The molecule has 0 aliphatic carbocycles. The average Bonchev–Trinajstić information content (AvgIpc) is 2.74. The Morgan fingerprint density at radius 2 is 1.54 bits per heavy atom. The minimum Gasteiger partial charge on any atom is -0.486 e. The lowest BCUT2D eigenvalue weighted by molar-refractivity contribution is -0.117. The number of carbonyl (C=O) groups is 1. The van der Waals surface area contributed by atoms with Crippen molar-refractivity contribution in [1.82, 2.24) is 0 Å². The molecule has 3 aromatic rings. The van der Waals surface area contributed by atoms with Crippen LogP contribution >= 0.6 is 0 Å². The summed E-state index contributed by atoms with van der Waals surface area (Å²) < 4.78 is 11.2. The van der Waals surface area contributed by atoms with E-state index in [1.807, 2.05) is 79.7 Å². The highest BCUT2D eigenvalue weighted by atomic mass is 16.6. The molecule has 28 heavy (non-hydrogen) atoms. The largest absolute Gasteiger partial charge is 0.486 e. The highest BCUT2D eigenvalue weighted by Gasteiger charge is 2.19. The Labute approximate surface area is 164 Å². The number of amides is 1. The van der Waals surface area contributed by atoms with E-state index < -0.39 is 0 Å². The number of nitrogens with one attached hydrogen (secondary N) is 2. The second kappa shape index (κ2) is 8.05. The van der Waals surface area contributed by atoms with Gasteiger partial charge in [0.15, 0.2) is 11.5 Å². The monoisotopic (exact) mass is 374 g/mol. The zero-order valence-corrected chi connectivity index (χ0v) is 15.6. The first-order valence-corrected chi connectivity index (χ1v) is 9.31. The van der Waals surface area contributed by atoms with Crippen molar-refractivity contribution >= 4 is 23.0 Å². The van der Waals surface area contributed by atoms with Crippen LogP contribution in [0.3, 0.4) is 0 Å². The maximum atomic E-state index is 12.7. The van der Waals surface area contributed by atoms with E-state index in [0.717, 1.165) is 28.4 Å². The molecular weight excluding hydrogens is 352 g/mol. The molecule has 2 N–H and O–H groups in total. The summed E-state index contributed by atoms with van der Waals surface area (Å²) in [6, 6.07) is 23.2. The van der Waals surface area contributed by atoms with Crippen molar-refractivity contribution in [3.05, 3.63) is 78.4 Å². The van der Waals surface area contributed by atoms with Crippen LogP contribution in [0.25, 0.3) is 0 Å². The highest BCUT2D eigenvalue weighted by molar-refractivity contribution is 5.96. The number of hydrogen-bond acceptors (Lipinski definition) is 4. The SMILES string of the molecule is CC(C(=O)Nc1cccc(Nc2ccccc2)c1)c1ccc2c(c1)OCCO2. The fourth-order valence-corrected chi connectivity index (χ4v) is 3.09. The Hall–Kier alpha value is -3.47. The number of anilines is 3. The molecule has 142 valence electrons. The van der Waals surface area contributed by atoms with Crippen LogP contribution in [0.15, 0.2) is 72.8 Å². The van der Waals surface area contributed by atoms with Gasteiger partial charge in [0.05, 0.1) is 5.92 Å². The molecule has 0 saturated heterocycles. The van der Waals surface area contributed by atoms with Crippen LogP contribution < -0.4 is 20.1 Å². The predicted molar refractivity (Wildman–Crippen MR) is 111 cm³/mol. The van der Waals surface area contributed by atoms with E-state index in [-0.39, 0.29) is 11.8 Å². The molecule has 0 fully saturated rings. The third-order valence-corrected chi connectivity index (χ3v) is 4.65. The second-order valence-electron chi connectivity index (χ2n) is 6.69.